The van der Waals surface area contributed by atoms with Crippen LogP contribution in [0.3, 0.4) is 0 Å². The highest BCUT2D eigenvalue weighted by Gasteiger charge is 2.15. The third-order valence-electron chi connectivity index (χ3n) is 2.44. The van der Waals surface area contributed by atoms with Gasteiger partial charge in [-0.3, -0.25) is 0 Å². The number of carboxylic acids is 1. The van der Waals surface area contributed by atoms with Gasteiger partial charge in [0, 0.05) is 13.7 Å². The number of hydrogen-bond donors (Lipinski definition) is 1. The lowest BCUT2D eigenvalue weighted by molar-refractivity contribution is 0.0689. The Bertz CT molecular complexity index is 367. The number of hydrogen-bond acceptors (Lipinski definition) is 5. The summed E-state index contributed by atoms with van der Waals surface area (Å²) in [6, 6.07) is 3.27. The zero-order valence-corrected chi connectivity index (χ0v) is 10.3. The summed E-state index contributed by atoms with van der Waals surface area (Å²) in [5, 5.41) is 16.3. The van der Waals surface area contributed by atoms with Crippen molar-refractivity contribution in [3.8, 4) is 0 Å². The van der Waals surface area contributed by atoms with Crippen LogP contribution < -0.4 is 4.90 Å². The maximum absolute atomic E-state index is 10.7. The van der Waals surface area contributed by atoms with Crippen LogP contribution in [0.2, 0.25) is 0 Å². The second-order valence-electron chi connectivity index (χ2n) is 3.67. The van der Waals surface area contributed by atoms with Gasteiger partial charge in [-0.05, 0) is 26.0 Å². The zero-order valence-electron chi connectivity index (χ0n) is 10.3. The molecule has 1 atom stereocenters. The molecular weight excluding hydrogens is 222 g/mol. The molecule has 1 unspecified atom stereocenters. The van der Waals surface area contributed by atoms with Crippen LogP contribution in [0.4, 0.5) is 5.82 Å². The lowest BCUT2D eigenvalue weighted by Gasteiger charge is -2.27. The van der Waals surface area contributed by atoms with Crippen LogP contribution in [0.25, 0.3) is 0 Å². The molecule has 1 N–H and O–H groups in total. The number of methoxy groups -OCH3 is 1. The van der Waals surface area contributed by atoms with Gasteiger partial charge in [0.05, 0.1) is 12.6 Å². The van der Waals surface area contributed by atoms with Crippen LogP contribution in [0.15, 0.2) is 12.1 Å². The summed E-state index contributed by atoms with van der Waals surface area (Å²) in [5.74, 6) is -0.418. The van der Waals surface area contributed by atoms with E-state index in [1.807, 2.05) is 18.7 Å². The lowest BCUT2D eigenvalue weighted by Crippen LogP contribution is -2.36. The predicted molar refractivity (Wildman–Crippen MR) is 63.3 cm³/mol. The number of aromatic nitrogens is 2. The van der Waals surface area contributed by atoms with Gasteiger partial charge in [-0.25, -0.2) is 4.79 Å². The van der Waals surface area contributed by atoms with E-state index >= 15 is 0 Å². The van der Waals surface area contributed by atoms with E-state index in [1.165, 1.54) is 6.07 Å². The third kappa shape index (κ3) is 3.39. The summed E-state index contributed by atoms with van der Waals surface area (Å²) >= 11 is 0. The average molecular weight is 239 g/mol. The fraction of sp³-hybridized carbons (Fsp3) is 0.545. The maximum Gasteiger partial charge on any atom is 0.356 e. The van der Waals surface area contributed by atoms with Crippen LogP contribution in [0.1, 0.15) is 24.3 Å². The topological polar surface area (TPSA) is 75.6 Å². The van der Waals surface area contributed by atoms with E-state index in [-0.39, 0.29) is 11.7 Å². The van der Waals surface area contributed by atoms with Gasteiger partial charge in [-0.15, -0.1) is 10.2 Å². The number of anilines is 1. The van der Waals surface area contributed by atoms with Crippen molar-refractivity contribution in [2.45, 2.75) is 19.9 Å². The number of rotatable bonds is 6. The Morgan fingerprint density at radius 2 is 2.24 bits per heavy atom. The molecule has 0 aliphatic rings. The van der Waals surface area contributed by atoms with Crippen molar-refractivity contribution in [3.05, 3.63) is 17.8 Å². The number of carbonyl (C=O) groups is 1. The van der Waals surface area contributed by atoms with Gasteiger partial charge in [-0.1, -0.05) is 0 Å². The molecule has 6 nitrogen and oxygen atoms in total. The van der Waals surface area contributed by atoms with Crippen molar-refractivity contribution >= 4 is 11.8 Å². The first-order valence-electron chi connectivity index (χ1n) is 5.42. The SMILES string of the molecule is CCN(c1ccc(C(=O)O)nn1)C(C)COC. The Morgan fingerprint density at radius 3 is 2.65 bits per heavy atom. The molecular formula is C11H17N3O3. The summed E-state index contributed by atoms with van der Waals surface area (Å²) in [7, 11) is 1.64. The largest absolute Gasteiger partial charge is 0.476 e. The summed E-state index contributed by atoms with van der Waals surface area (Å²) < 4.78 is 5.09. The first-order valence-corrected chi connectivity index (χ1v) is 5.42. The molecule has 0 saturated carbocycles. The standard InChI is InChI=1S/C11H17N3O3/c1-4-14(8(2)7-17-3)10-6-5-9(11(15)16)12-13-10/h5-6,8H,4,7H2,1-3H3,(H,15,16). The van der Waals surface area contributed by atoms with Gasteiger partial charge in [0.1, 0.15) is 0 Å². The van der Waals surface area contributed by atoms with E-state index in [1.54, 1.807) is 13.2 Å². The van der Waals surface area contributed by atoms with E-state index in [0.29, 0.717) is 12.4 Å². The van der Waals surface area contributed by atoms with E-state index < -0.39 is 5.97 Å². The number of nitrogens with zero attached hydrogens (tertiary/aromatic N) is 3. The van der Waals surface area contributed by atoms with Crippen molar-refractivity contribution in [2.24, 2.45) is 0 Å². The number of ether oxygens (including phenoxy) is 1. The second kappa shape index (κ2) is 6.15. The van der Waals surface area contributed by atoms with Crippen molar-refractivity contribution in [2.75, 3.05) is 25.2 Å². The minimum atomic E-state index is -1.07. The Hall–Kier alpha value is -1.69. The van der Waals surface area contributed by atoms with Gasteiger partial charge in [0.2, 0.25) is 0 Å². The van der Waals surface area contributed by atoms with E-state index in [2.05, 4.69) is 10.2 Å². The molecule has 0 saturated heterocycles. The highest BCUT2D eigenvalue weighted by molar-refractivity contribution is 5.85. The maximum atomic E-state index is 10.7. The van der Waals surface area contributed by atoms with Crippen molar-refractivity contribution in [1.29, 1.82) is 0 Å². The highest BCUT2D eigenvalue weighted by atomic mass is 16.5. The molecule has 0 aliphatic heterocycles. The molecule has 94 valence electrons. The smallest absolute Gasteiger partial charge is 0.356 e. The molecule has 0 radical (unpaired) electrons. The monoisotopic (exact) mass is 239 g/mol. The molecule has 0 spiro atoms. The van der Waals surface area contributed by atoms with Crippen LogP contribution in [0.5, 0.6) is 0 Å². The fourth-order valence-corrected chi connectivity index (χ4v) is 1.62. The van der Waals surface area contributed by atoms with Crippen molar-refractivity contribution in [1.82, 2.24) is 10.2 Å². The first kappa shape index (κ1) is 13.4. The summed E-state index contributed by atoms with van der Waals surface area (Å²) in [4.78, 5) is 12.7. The summed E-state index contributed by atoms with van der Waals surface area (Å²) in [5.41, 5.74) is -0.0517. The molecule has 0 aliphatic carbocycles. The molecule has 0 fully saturated rings. The van der Waals surface area contributed by atoms with Gasteiger partial charge < -0.3 is 14.7 Å². The molecule has 0 aromatic carbocycles. The number of likely N-dealkylation sites (N-methyl/N-ethyl adjacent to an activating group) is 1. The van der Waals surface area contributed by atoms with E-state index in [0.717, 1.165) is 6.54 Å². The minimum Gasteiger partial charge on any atom is -0.476 e. The lowest BCUT2D eigenvalue weighted by atomic mass is 10.3. The Labute approximate surface area is 100 Å². The van der Waals surface area contributed by atoms with Gasteiger partial charge in [-0.2, -0.15) is 0 Å². The Balaban J connectivity index is 2.85. The van der Waals surface area contributed by atoms with Gasteiger partial charge in [0.15, 0.2) is 11.5 Å². The summed E-state index contributed by atoms with van der Waals surface area (Å²) in [6.45, 7) is 5.35. The summed E-state index contributed by atoms with van der Waals surface area (Å²) in [6.07, 6.45) is 0. The first-order chi connectivity index (χ1) is 8.10. The molecule has 1 aromatic rings. The molecule has 17 heavy (non-hydrogen) atoms. The van der Waals surface area contributed by atoms with Crippen LogP contribution in [-0.4, -0.2) is 47.6 Å². The predicted octanol–water partition coefficient (Wildman–Crippen LogP) is 1.04. The second-order valence-corrected chi connectivity index (χ2v) is 3.67. The number of aromatic carboxylic acids is 1. The molecule has 0 bridgehead atoms. The van der Waals surface area contributed by atoms with E-state index in [4.69, 9.17) is 9.84 Å². The highest BCUT2D eigenvalue weighted by Crippen LogP contribution is 2.13. The third-order valence-corrected chi connectivity index (χ3v) is 2.44. The average Bonchev–Trinajstić information content (AvgIpc) is 2.31. The van der Waals surface area contributed by atoms with Gasteiger partial charge in [0.25, 0.3) is 0 Å². The van der Waals surface area contributed by atoms with Crippen molar-refractivity contribution in [3.63, 3.8) is 0 Å². The van der Waals surface area contributed by atoms with Gasteiger partial charge >= 0.3 is 5.97 Å². The molecule has 1 heterocycles. The Morgan fingerprint density at radius 1 is 1.53 bits per heavy atom. The molecule has 1 aromatic heterocycles. The normalized spacial score (nSPS) is 12.2. The molecule has 6 heteroatoms. The molecule has 0 amide bonds. The Kier molecular flexibility index (Phi) is 4.84. The van der Waals surface area contributed by atoms with Crippen molar-refractivity contribution < 1.29 is 14.6 Å². The van der Waals surface area contributed by atoms with Crippen LogP contribution >= 0.6 is 0 Å². The number of carboxylic acid groups (broad SMARTS) is 1. The minimum absolute atomic E-state index is 0.0517. The molecule has 1 rings (SSSR count). The fourth-order valence-electron chi connectivity index (χ4n) is 1.62. The zero-order chi connectivity index (χ0) is 12.8. The van der Waals surface area contributed by atoms with E-state index in [9.17, 15) is 4.79 Å². The van der Waals surface area contributed by atoms with Crippen LogP contribution in [0, 0.1) is 0 Å². The van der Waals surface area contributed by atoms with Crippen LogP contribution in [-0.2, 0) is 4.74 Å². The quantitative estimate of drug-likeness (QED) is 0.799.